The molecule has 1 unspecified atom stereocenters. The number of anilines is 1. The van der Waals surface area contributed by atoms with E-state index in [-0.39, 0.29) is 5.91 Å². The molecule has 2 aromatic rings. The topological polar surface area (TPSA) is 51.2 Å². The average Bonchev–Trinajstić information content (AvgIpc) is 2.78. The summed E-state index contributed by atoms with van der Waals surface area (Å²) in [6, 6.07) is 5.29. The molecule has 0 saturated carbocycles. The summed E-state index contributed by atoms with van der Waals surface area (Å²) >= 11 is 7.31. The van der Waals surface area contributed by atoms with Crippen LogP contribution in [0.25, 0.3) is 0 Å². The number of aryl methyl sites for hydroxylation is 2. The number of nitrogens with one attached hydrogen (secondary N) is 1. The van der Waals surface area contributed by atoms with Crippen LogP contribution in [0.5, 0.6) is 5.75 Å². The van der Waals surface area contributed by atoms with Gasteiger partial charge in [-0.1, -0.05) is 11.6 Å². The molecule has 1 amide bonds. The fourth-order valence-electron chi connectivity index (χ4n) is 1.61. The molecule has 0 spiro atoms. The van der Waals surface area contributed by atoms with Gasteiger partial charge in [-0.2, -0.15) is 0 Å². The van der Waals surface area contributed by atoms with Crippen LogP contribution in [-0.4, -0.2) is 17.0 Å². The van der Waals surface area contributed by atoms with Gasteiger partial charge in [-0.05, 0) is 44.5 Å². The molecule has 1 heterocycles. The van der Waals surface area contributed by atoms with E-state index in [2.05, 4.69) is 10.3 Å². The van der Waals surface area contributed by atoms with Gasteiger partial charge in [0.15, 0.2) is 11.2 Å². The number of halogens is 1. The van der Waals surface area contributed by atoms with Crippen molar-refractivity contribution < 1.29 is 9.53 Å². The quantitative estimate of drug-likeness (QED) is 0.934. The van der Waals surface area contributed by atoms with Crippen molar-refractivity contribution in [3.63, 3.8) is 0 Å². The van der Waals surface area contributed by atoms with Gasteiger partial charge in [0.2, 0.25) is 0 Å². The predicted octanol–water partition coefficient (Wildman–Crippen LogP) is 3.82. The fraction of sp³-hybridized carbons (Fsp3) is 0.286. The molecule has 1 aromatic carbocycles. The number of carbonyl (C=O) groups is 1. The Hall–Kier alpha value is -1.59. The van der Waals surface area contributed by atoms with Crippen LogP contribution in [0, 0.1) is 13.8 Å². The second-order valence-electron chi connectivity index (χ2n) is 4.44. The van der Waals surface area contributed by atoms with Crippen molar-refractivity contribution in [2.24, 2.45) is 0 Å². The number of ether oxygens (including phenoxy) is 1. The predicted molar refractivity (Wildman–Crippen MR) is 81.8 cm³/mol. The maximum absolute atomic E-state index is 12.0. The van der Waals surface area contributed by atoms with Gasteiger partial charge in [0, 0.05) is 16.1 Å². The standard InChI is InChI=1S/C14H15ClN2O2S/c1-8-6-11(15)4-5-12(8)19-10(3)13(18)17-14-16-7-9(2)20-14/h4-7,10H,1-3H3,(H,16,17,18). The van der Waals surface area contributed by atoms with E-state index in [0.29, 0.717) is 15.9 Å². The first-order valence-corrected chi connectivity index (χ1v) is 7.31. The highest BCUT2D eigenvalue weighted by atomic mass is 35.5. The summed E-state index contributed by atoms with van der Waals surface area (Å²) in [7, 11) is 0. The lowest BCUT2D eigenvalue weighted by Crippen LogP contribution is -2.30. The third-order valence-electron chi connectivity index (χ3n) is 2.66. The Balaban J connectivity index is 2.00. The van der Waals surface area contributed by atoms with Crippen LogP contribution >= 0.6 is 22.9 Å². The lowest BCUT2D eigenvalue weighted by molar-refractivity contribution is -0.122. The van der Waals surface area contributed by atoms with Crippen LogP contribution in [0.15, 0.2) is 24.4 Å². The van der Waals surface area contributed by atoms with Gasteiger partial charge in [0.25, 0.3) is 5.91 Å². The molecular weight excluding hydrogens is 296 g/mol. The van der Waals surface area contributed by atoms with Gasteiger partial charge in [-0.15, -0.1) is 11.3 Å². The summed E-state index contributed by atoms with van der Waals surface area (Å²) in [5.74, 6) is 0.418. The Morgan fingerprint density at radius 3 is 2.80 bits per heavy atom. The highest BCUT2D eigenvalue weighted by Gasteiger charge is 2.17. The molecule has 0 radical (unpaired) electrons. The van der Waals surface area contributed by atoms with Crippen LogP contribution in [-0.2, 0) is 4.79 Å². The first kappa shape index (κ1) is 14.8. The molecule has 0 saturated heterocycles. The van der Waals surface area contributed by atoms with E-state index in [9.17, 15) is 4.79 Å². The first-order chi connectivity index (χ1) is 9.45. The third kappa shape index (κ3) is 3.71. The number of thiazole rings is 1. The van der Waals surface area contributed by atoms with Crippen LogP contribution in [0.3, 0.4) is 0 Å². The van der Waals surface area contributed by atoms with E-state index in [1.807, 2.05) is 13.8 Å². The number of nitrogens with zero attached hydrogens (tertiary/aromatic N) is 1. The third-order valence-corrected chi connectivity index (χ3v) is 3.72. The number of hydrogen-bond acceptors (Lipinski definition) is 4. The Kier molecular flexibility index (Phi) is 4.62. The van der Waals surface area contributed by atoms with Crippen LogP contribution in [0.2, 0.25) is 5.02 Å². The summed E-state index contributed by atoms with van der Waals surface area (Å²) in [5, 5.41) is 3.95. The van der Waals surface area contributed by atoms with E-state index in [1.54, 1.807) is 31.3 Å². The van der Waals surface area contributed by atoms with Gasteiger partial charge in [-0.3, -0.25) is 10.1 Å². The Morgan fingerprint density at radius 1 is 1.45 bits per heavy atom. The normalized spacial score (nSPS) is 12.0. The summed E-state index contributed by atoms with van der Waals surface area (Å²) in [6.07, 6.45) is 1.11. The summed E-state index contributed by atoms with van der Waals surface area (Å²) in [6.45, 7) is 5.52. The molecule has 6 heteroatoms. The minimum atomic E-state index is -0.612. The minimum Gasteiger partial charge on any atom is -0.481 e. The maximum atomic E-state index is 12.0. The van der Waals surface area contributed by atoms with E-state index in [0.717, 1.165) is 10.4 Å². The Bertz CT molecular complexity index is 627. The van der Waals surface area contributed by atoms with Crippen molar-refractivity contribution >= 4 is 34.0 Å². The van der Waals surface area contributed by atoms with Crippen molar-refractivity contribution in [3.05, 3.63) is 39.9 Å². The van der Waals surface area contributed by atoms with E-state index < -0.39 is 6.10 Å². The molecule has 1 N–H and O–H groups in total. The molecule has 4 nitrogen and oxygen atoms in total. The Morgan fingerprint density at radius 2 is 2.20 bits per heavy atom. The van der Waals surface area contributed by atoms with Crippen molar-refractivity contribution in [3.8, 4) is 5.75 Å². The molecule has 2 rings (SSSR count). The largest absolute Gasteiger partial charge is 0.481 e. The maximum Gasteiger partial charge on any atom is 0.266 e. The molecule has 0 fully saturated rings. The van der Waals surface area contributed by atoms with E-state index >= 15 is 0 Å². The van der Waals surface area contributed by atoms with Gasteiger partial charge in [-0.25, -0.2) is 4.98 Å². The summed E-state index contributed by atoms with van der Waals surface area (Å²) < 4.78 is 5.65. The van der Waals surface area contributed by atoms with Crippen molar-refractivity contribution in [1.82, 2.24) is 4.98 Å². The zero-order valence-electron chi connectivity index (χ0n) is 11.4. The Labute approximate surface area is 126 Å². The smallest absolute Gasteiger partial charge is 0.266 e. The zero-order valence-corrected chi connectivity index (χ0v) is 13.0. The lowest BCUT2D eigenvalue weighted by Gasteiger charge is -2.15. The van der Waals surface area contributed by atoms with Gasteiger partial charge < -0.3 is 4.74 Å². The molecule has 20 heavy (non-hydrogen) atoms. The van der Waals surface area contributed by atoms with Gasteiger partial charge in [0.1, 0.15) is 5.75 Å². The average molecular weight is 311 g/mol. The number of aromatic nitrogens is 1. The molecule has 0 aliphatic carbocycles. The number of rotatable bonds is 4. The highest BCUT2D eigenvalue weighted by Crippen LogP contribution is 2.23. The van der Waals surface area contributed by atoms with Crippen LogP contribution in [0.4, 0.5) is 5.13 Å². The molecule has 1 atom stereocenters. The second-order valence-corrected chi connectivity index (χ2v) is 6.11. The molecule has 0 aliphatic rings. The van der Waals surface area contributed by atoms with Crippen molar-refractivity contribution in [2.45, 2.75) is 26.9 Å². The summed E-state index contributed by atoms with van der Waals surface area (Å²) in [4.78, 5) is 17.1. The van der Waals surface area contributed by atoms with E-state index in [1.165, 1.54) is 11.3 Å². The molecule has 1 aromatic heterocycles. The highest BCUT2D eigenvalue weighted by molar-refractivity contribution is 7.15. The van der Waals surface area contributed by atoms with Gasteiger partial charge in [0.05, 0.1) is 0 Å². The molecular formula is C14H15ClN2O2S. The minimum absolute atomic E-state index is 0.228. The number of hydrogen-bond donors (Lipinski definition) is 1. The molecule has 0 bridgehead atoms. The van der Waals surface area contributed by atoms with Gasteiger partial charge >= 0.3 is 0 Å². The lowest BCUT2D eigenvalue weighted by atomic mass is 10.2. The second kappa shape index (κ2) is 6.24. The molecule has 106 valence electrons. The first-order valence-electron chi connectivity index (χ1n) is 6.12. The number of carbonyl (C=O) groups excluding carboxylic acids is 1. The van der Waals surface area contributed by atoms with E-state index in [4.69, 9.17) is 16.3 Å². The van der Waals surface area contributed by atoms with Crippen LogP contribution in [0.1, 0.15) is 17.4 Å². The monoisotopic (exact) mass is 310 g/mol. The zero-order chi connectivity index (χ0) is 14.7. The van der Waals surface area contributed by atoms with Crippen molar-refractivity contribution in [2.75, 3.05) is 5.32 Å². The van der Waals surface area contributed by atoms with Crippen LogP contribution < -0.4 is 10.1 Å². The SMILES string of the molecule is Cc1cnc(NC(=O)C(C)Oc2ccc(Cl)cc2C)s1. The fourth-order valence-corrected chi connectivity index (χ4v) is 2.50. The summed E-state index contributed by atoms with van der Waals surface area (Å²) in [5.41, 5.74) is 0.891. The van der Waals surface area contributed by atoms with Crippen molar-refractivity contribution in [1.29, 1.82) is 0 Å². The number of benzene rings is 1. The molecule has 0 aliphatic heterocycles. The number of amides is 1.